The SMILES string of the molecule is COC(=O)[C@H](Cc1ccc(-c2nccs2)cc1)NC(=O)C(CSC(C)=O)Cc1ccccc1F. The van der Waals surface area contributed by atoms with Gasteiger partial charge < -0.3 is 10.1 Å². The molecular formula is C25H25FN2O4S2. The molecule has 2 aromatic carbocycles. The first-order valence-corrected chi connectivity index (χ1v) is 12.5. The minimum atomic E-state index is -0.923. The second-order valence-corrected chi connectivity index (χ2v) is 9.71. The van der Waals surface area contributed by atoms with E-state index in [9.17, 15) is 18.8 Å². The number of aromatic nitrogens is 1. The largest absolute Gasteiger partial charge is 0.467 e. The van der Waals surface area contributed by atoms with Gasteiger partial charge in [-0.25, -0.2) is 14.2 Å². The number of carbonyl (C=O) groups excluding carboxylic acids is 3. The van der Waals surface area contributed by atoms with E-state index in [0.29, 0.717) is 5.56 Å². The molecule has 0 aliphatic carbocycles. The molecule has 3 aromatic rings. The smallest absolute Gasteiger partial charge is 0.328 e. The average Bonchev–Trinajstić information content (AvgIpc) is 3.37. The first kappa shape index (κ1) is 25.6. The summed E-state index contributed by atoms with van der Waals surface area (Å²) in [5.41, 5.74) is 2.17. The van der Waals surface area contributed by atoms with Gasteiger partial charge in [-0.15, -0.1) is 11.3 Å². The molecule has 178 valence electrons. The molecule has 34 heavy (non-hydrogen) atoms. The number of hydrogen-bond acceptors (Lipinski definition) is 7. The van der Waals surface area contributed by atoms with Gasteiger partial charge in [-0.3, -0.25) is 9.59 Å². The van der Waals surface area contributed by atoms with E-state index in [4.69, 9.17) is 4.74 Å². The maximum absolute atomic E-state index is 14.2. The summed E-state index contributed by atoms with van der Waals surface area (Å²) in [6, 6.07) is 12.9. The van der Waals surface area contributed by atoms with Crippen molar-refractivity contribution in [1.82, 2.24) is 10.3 Å². The van der Waals surface area contributed by atoms with Crippen LogP contribution in [-0.4, -0.2) is 40.9 Å². The van der Waals surface area contributed by atoms with Crippen molar-refractivity contribution in [2.45, 2.75) is 25.8 Å². The fourth-order valence-electron chi connectivity index (χ4n) is 3.38. The second kappa shape index (κ2) is 12.4. The van der Waals surface area contributed by atoms with E-state index in [2.05, 4.69) is 10.3 Å². The zero-order valence-corrected chi connectivity index (χ0v) is 20.5. The van der Waals surface area contributed by atoms with Crippen LogP contribution in [0.3, 0.4) is 0 Å². The number of nitrogens with zero attached hydrogens (tertiary/aromatic N) is 1. The highest BCUT2D eigenvalue weighted by molar-refractivity contribution is 8.13. The van der Waals surface area contributed by atoms with Gasteiger partial charge in [0.1, 0.15) is 16.9 Å². The van der Waals surface area contributed by atoms with Gasteiger partial charge in [0.25, 0.3) is 0 Å². The topological polar surface area (TPSA) is 85.4 Å². The van der Waals surface area contributed by atoms with E-state index < -0.39 is 29.7 Å². The lowest BCUT2D eigenvalue weighted by atomic mass is 9.98. The van der Waals surface area contributed by atoms with E-state index >= 15 is 0 Å². The van der Waals surface area contributed by atoms with Gasteiger partial charge in [-0.1, -0.05) is 54.2 Å². The highest BCUT2D eigenvalue weighted by atomic mass is 32.2. The molecule has 0 saturated carbocycles. The molecule has 0 spiro atoms. The Labute approximate surface area is 205 Å². The van der Waals surface area contributed by atoms with Gasteiger partial charge >= 0.3 is 5.97 Å². The van der Waals surface area contributed by atoms with Crippen LogP contribution in [-0.2, 0) is 32.0 Å². The Bertz CT molecular complexity index is 1120. The van der Waals surface area contributed by atoms with Crippen molar-refractivity contribution in [3.05, 3.63) is 77.1 Å². The summed E-state index contributed by atoms with van der Waals surface area (Å²) in [6.07, 6.45) is 2.07. The Kier molecular flexibility index (Phi) is 9.35. The third-order valence-electron chi connectivity index (χ3n) is 5.16. The Balaban J connectivity index is 1.74. The van der Waals surface area contributed by atoms with Crippen LogP contribution in [0.2, 0.25) is 0 Å². The number of halogens is 1. The molecule has 9 heteroatoms. The minimum absolute atomic E-state index is 0.106. The van der Waals surface area contributed by atoms with Crippen LogP contribution in [0.15, 0.2) is 60.1 Å². The minimum Gasteiger partial charge on any atom is -0.467 e. The summed E-state index contributed by atoms with van der Waals surface area (Å²) in [5, 5.41) is 5.40. The quantitative estimate of drug-likeness (QED) is 0.418. The van der Waals surface area contributed by atoms with E-state index in [1.165, 1.54) is 31.4 Å². The molecule has 6 nitrogen and oxygen atoms in total. The Morgan fingerprint density at radius 3 is 2.47 bits per heavy atom. The van der Waals surface area contributed by atoms with Crippen molar-refractivity contribution in [1.29, 1.82) is 0 Å². The first-order chi connectivity index (χ1) is 16.4. The number of methoxy groups -OCH3 is 1. The number of ether oxygens (including phenoxy) is 1. The maximum Gasteiger partial charge on any atom is 0.328 e. The molecule has 1 amide bonds. The van der Waals surface area contributed by atoms with Crippen molar-refractivity contribution in [2.24, 2.45) is 5.92 Å². The van der Waals surface area contributed by atoms with E-state index in [1.807, 2.05) is 29.6 Å². The molecule has 1 heterocycles. The van der Waals surface area contributed by atoms with Gasteiger partial charge in [0, 0.05) is 36.2 Å². The summed E-state index contributed by atoms with van der Waals surface area (Å²) in [5.74, 6) is -1.97. The predicted molar refractivity (Wildman–Crippen MR) is 132 cm³/mol. The van der Waals surface area contributed by atoms with Crippen molar-refractivity contribution >= 4 is 40.1 Å². The van der Waals surface area contributed by atoms with Crippen LogP contribution in [0, 0.1) is 11.7 Å². The van der Waals surface area contributed by atoms with Gasteiger partial charge in [-0.05, 0) is 23.6 Å². The van der Waals surface area contributed by atoms with Crippen LogP contribution in [0.4, 0.5) is 4.39 Å². The normalized spacial score (nSPS) is 12.6. The molecule has 3 rings (SSSR count). The molecule has 1 unspecified atom stereocenters. The van der Waals surface area contributed by atoms with Crippen LogP contribution >= 0.6 is 23.1 Å². The molecule has 0 radical (unpaired) electrons. The van der Waals surface area contributed by atoms with Gasteiger partial charge in [0.15, 0.2) is 5.12 Å². The lowest BCUT2D eigenvalue weighted by molar-refractivity contribution is -0.145. The lowest BCUT2D eigenvalue weighted by Gasteiger charge is -2.21. The summed E-state index contributed by atoms with van der Waals surface area (Å²) in [6.45, 7) is 1.41. The summed E-state index contributed by atoms with van der Waals surface area (Å²) < 4.78 is 19.1. The molecule has 1 N–H and O–H groups in total. The van der Waals surface area contributed by atoms with Crippen molar-refractivity contribution in [3.8, 4) is 10.6 Å². The number of rotatable bonds is 10. The number of esters is 1. The van der Waals surface area contributed by atoms with Crippen LogP contribution < -0.4 is 5.32 Å². The Hall–Kier alpha value is -3.04. The van der Waals surface area contributed by atoms with Crippen molar-refractivity contribution in [2.75, 3.05) is 12.9 Å². The predicted octanol–water partition coefficient (Wildman–Crippen LogP) is 4.29. The monoisotopic (exact) mass is 500 g/mol. The number of hydrogen-bond donors (Lipinski definition) is 1. The van der Waals surface area contributed by atoms with Crippen LogP contribution in [0.5, 0.6) is 0 Å². The van der Waals surface area contributed by atoms with Gasteiger partial charge in [0.05, 0.1) is 13.0 Å². The molecule has 0 aliphatic rings. The average molecular weight is 501 g/mol. The standard InChI is InChI=1S/C25H25FN2O4S2/c1-16(29)34-15-20(14-19-5-3-4-6-21(19)26)23(30)28-22(25(31)32-2)13-17-7-9-18(10-8-17)24-27-11-12-33-24/h3-12,20,22H,13-15H2,1-2H3,(H,28,30)/t20?,22-/m0/s1. The molecule has 0 bridgehead atoms. The molecule has 1 aromatic heterocycles. The van der Waals surface area contributed by atoms with E-state index in [0.717, 1.165) is 27.9 Å². The summed E-state index contributed by atoms with van der Waals surface area (Å²) in [7, 11) is 1.26. The third kappa shape index (κ3) is 7.23. The van der Waals surface area contributed by atoms with Crippen LogP contribution in [0.1, 0.15) is 18.1 Å². The van der Waals surface area contributed by atoms with Crippen LogP contribution in [0.25, 0.3) is 10.6 Å². The number of carbonyl (C=O) groups is 3. The number of amides is 1. The number of benzene rings is 2. The van der Waals surface area contributed by atoms with E-state index in [-0.39, 0.29) is 23.7 Å². The highest BCUT2D eigenvalue weighted by Crippen LogP contribution is 2.23. The second-order valence-electron chi connectivity index (χ2n) is 7.62. The van der Waals surface area contributed by atoms with Gasteiger partial charge in [0.2, 0.25) is 5.91 Å². The first-order valence-electron chi connectivity index (χ1n) is 10.6. The maximum atomic E-state index is 14.2. The fourth-order valence-corrected chi connectivity index (χ4v) is 4.73. The Morgan fingerprint density at radius 2 is 1.85 bits per heavy atom. The zero-order chi connectivity index (χ0) is 24.5. The third-order valence-corrected chi connectivity index (χ3v) is 6.96. The van der Waals surface area contributed by atoms with Crippen molar-refractivity contribution < 1.29 is 23.5 Å². The summed E-state index contributed by atoms with van der Waals surface area (Å²) >= 11 is 2.52. The lowest BCUT2D eigenvalue weighted by Crippen LogP contribution is -2.46. The number of thioether (sulfide) groups is 1. The molecule has 0 fully saturated rings. The Morgan fingerprint density at radius 1 is 1.12 bits per heavy atom. The zero-order valence-electron chi connectivity index (χ0n) is 18.8. The fraction of sp³-hybridized carbons (Fsp3) is 0.280. The number of nitrogens with one attached hydrogen (secondary N) is 1. The van der Waals surface area contributed by atoms with Crippen molar-refractivity contribution in [3.63, 3.8) is 0 Å². The van der Waals surface area contributed by atoms with Gasteiger partial charge in [-0.2, -0.15) is 0 Å². The highest BCUT2D eigenvalue weighted by Gasteiger charge is 2.27. The molecule has 2 atom stereocenters. The molecule has 0 aliphatic heterocycles. The van der Waals surface area contributed by atoms with E-state index in [1.54, 1.807) is 24.4 Å². The molecular weight excluding hydrogens is 475 g/mol. The summed E-state index contributed by atoms with van der Waals surface area (Å²) in [4.78, 5) is 41.4. The number of thiazole rings is 1. The molecule has 0 saturated heterocycles.